The maximum absolute atomic E-state index is 8.55. The summed E-state index contributed by atoms with van der Waals surface area (Å²) in [6.45, 7) is 1.79. The molecule has 3 heteroatoms. The molecule has 1 atom stereocenters. The van der Waals surface area contributed by atoms with E-state index in [4.69, 9.17) is 11.0 Å². The highest BCUT2D eigenvalue weighted by Crippen LogP contribution is 2.11. The Bertz CT molecular complexity index is 288. The Balaban J connectivity index is 2.98. The molecule has 1 rings (SSSR count). The van der Waals surface area contributed by atoms with Gasteiger partial charge in [0.1, 0.15) is 5.82 Å². The normalized spacial score (nSPS) is 12.0. The Morgan fingerprint density at radius 2 is 2.36 bits per heavy atom. The summed E-state index contributed by atoms with van der Waals surface area (Å²) in [4.78, 5) is 4.00. The van der Waals surface area contributed by atoms with Crippen molar-refractivity contribution in [2.24, 2.45) is 0 Å². The molecule has 1 unspecified atom stereocenters. The van der Waals surface area contributed by atoms with E-state index in [0.717, 1.165) is 5.69 Å². The van der Waals surface area contributed by atoms with Crippen LogP contribution >= 0.6 is 0 Å². The third-order valence-electron chi connectivity index (χ3n) is 1.43. The lowest BCUT2D eigenvalue weighted by Crippen LogP contribution is -1.97. The van der Waals surface area contributed by atoms with Crippen LogP contribution in [-0.4, -0.2) is 4.98 Å². The van der Waals surface area contributed by atoms with E-state index in [1.807, 2.05) is 0 Å². The monoisotopic (exact) mass is 147 g/mol. The first-order valence-corrected chi connectivity index (χ1v) is 3.36. The highest BCUT2D eigenvalue weighted by Gasteiger charge is 2.03. The average molecular weight is 147 g/mol. The lowest BCUT2D eigenvalue weighted by molar-refractivity contribution is 0.923. The van der Waals surface area contributed by atoms with Crippen molar-refractivity contribution in [3.63, 3.8) is 0 Å². The molecule has 11 heavy (non-hydrogen) atoms. The van der Waals surface area contributed by atoms with Crippen LogP contribution in [0.15, 0.2) is 18.2 Å². The van der Waals surface area contributed by atoms with E-state index in [0.29, 0.717) is 5.82 Å². The first-order chi connectivity index (χ1) is 5.24. The van der Waals surface area contributed by atoms with Crippen molar-refractivity contribution in [3.05, 3.63) is 23.9 Å². The number of aromatic nitrogens is 1. The van der Waals surface area contributed by atoms with Gasteiger partial charge in [0.05, 0.1) is 17.7 Å². The van der Waals surface area contributed by atoms with Crippen LogP contribution in [0, 0.1) is 11.3 Å². The Labute approximate surface area is 65.5 Å². The molecule has 0 aliphatic carbocycles. The molecule has 1 heterocycles. The summed E-state index contributed by atoms with van der Waals surface area (Å²) in [5.74, 6) is 0.281. The maximum atomic E-state index is 8.55. The molecule has 3 nitrogen and oxygen atoms in total. The fraction of sp³-hybridized carbons (Fsp3) is 0.250. The summed E-state index contributed by atoms with van der Waals surface area (Å²) in [6, 6.07) is 7.39. The molecule has 0 amide bonds. The number of hydrogen-bond donors (Lipinski definition) is 1. The molecule has 0 saturated heterocycles. The summed E-state index contributed by atoms with van der Waals surface area (Å²) >= 11 is 0. The number of rotatable bonds is 1. The Morgan fingerprint density at radius 1 is 1.64 bits per heavy atom. The fourth-order valence-corrected chi connectivity index (χ4v) is 0.776. The molecule has 0 saturated carbocycles. The minimum Gasteiger partial charge on any atom is -0.384 e. The summed E-state index contributed by atoms with van der Waals surface area (Å²) in [5.41, 5.74) is 6.16. The number of pyridine rings is 1. The van der Waals surface area contributed by atoms with E-state index in [-0.39, 0.29) is 5.92 Å². The minimum absolute atomic E-state index is 0.182. The van der Waals surface area contributed by atoms with E-state index >= 15 is 0 Å². The van der Waals surface area contributed by atoms with Gasteiger partial charge in [0.25, 0.3) is 0 Å². The van der Waals surface area contributed by atoms with Gasteiger partial charge in [-0.15, -0.1) is 0 Å². The average Bonchev–Trinajstić information content (AvgIpc) is 2.03. The Hall–Kier alpha value is -1.56. The molecule has 0 spiro atoms. The van der Waals surface area contributed by atoms with Gasteiger partial charge in [0.15, 0.2) is 0 Å². The molecule has 1 aromatic rings. The molecule has 0 aliphatic heterocycles. The van der Waals surface area contributed by atoms with Crippen molar-refractivity contribution < 1.29 is 0 Å². The molecule has 1 aromatic heterocycles. The number of nitriles is 1. The SMILES string of the molecule is CC(C#N)c1cccc(N)n1. The van der Waals surface area contributed by atoms with E-state index in [2.05, 4.69) is 11.1 Å². The minimum atomic E-state index is -0.182. The Kier molecular flexibility index (Phi) is 2.07. The van der Waals surface area contributed by atoms with E-state index in [1.165, 1.54) is 0 Å². The van der Waals surface area contributed by atoms with Gasteiger partial charge in [-0.25, -0.2) is 4.98 Å². The lowest BCUT2D eigenvalue weighted by Gasteiger charge is -2.00. The van der Waals surface area contributed by atoms with E-state index in [1.54, 1.807) is 25.1 Å². The highest BCUT2D eigenvalue weighted by atomic mass is 14.8. The molecule has 0 radical (unpaired) electrons. The van der Waals surface area contributed by atoms with Crippen LogP contribution in [0.5, 0.6) is 0 Å². The van der Waals surface area contributed by atoms with Gasteiger partial charge in [0.2, 0.25) is 0 Å². The van der Waals surface area contributed by atoms with Gasteiger partial charge < -0.3 is 5.73 Å². The van der Waals surface area contributed by atoms with Crippen LogP contribution in [0.4, 0.5) is 5.82 Å². The zero-order valence-corrected chi connectivity index (χ0v) is 6.28. The number of nitrogens with two attached hydrogens (primary N) is 1. The number of nitrogens with zero attached hydrogens (tertiary/aromatic N) is 2. The topological polar surface area (TPSA) is 62.7 Å². The second kappa shape index (κ2) is 3.02. The second-order valence-corrected chi connectivity index (χ2v) is 2.34. The van der Waals surface area contributed by atoms with Crippen molar-refractivity contribution in [1.82, 2.24) is 4.98 Å². The van der Waals surface area contributed by atoms with Crippen molar-refractivity contribution >= 4 is 5.82 Å². The van der Waals surface area contributed by atoms with Crippen LogP contribution in [-0.2, 0) is 0 Å². The molecular formula is C8H9N3. The first kappa shape index (κ1) is 7.55. The van der Waals surface area contributed by atoms with Gasteiger partial charge in [0, 0.05) is 0 Å². The zero-order chi connectivity index (χ0) is 8.27. The first-order valence-electron chi connectivity index (χ1n) is 3.36. The maximum Gasteiger partial charge on any atom is 0.123 e. The third-order valence-corrected chi connectivity index (χ3v) is 1.43. The number of nitrogen functional groups attached to an aromatic ring is 1. The van der Waals surface area contributed by atoms with Crippen LogP contribution in [0.3, 0.4) is 0 Å². The fourth-order valence-electron chi connectivity index (χ4n) is 0.776. The second-order valence-electron chi connectivity index (χ2n) is 2.34. The Morgan fingerprint density at radius 3 is 2.91 bits per heavy atom. The van der Waals surface area contributed by atoms with Crippen molar-refractivity contribution in [2.45, 2.75) is 12.8 Å². The largest absolute Gasteiger partial charge is 0.384 e. The van der Waals surface area contributed by atoms with Gasteiger partial charge in [-0.05, 0) is 19.1 Å². The van der Waals surface area contributed by atoms with E-state index in [9.17, 15) is 0 Å². The molecule has 0 aliphatic rings. The van der Waals surface area contributed by atoms with Gasteiger partial charge in [-0.2, -0.15) is 5.26 Å². The molecule has 56 valence electrons. The standard InChI is InChI=1S/C8H9N3/c1-6(5-9)7-3-2-4-8(10)11-7/h2-4,6H,1H3,(H2,10,11). The molecule has 2 N–H and O–H groups in total. The van der Waals surface area contributed by atoms with Crippen LogP contribution in [0.25, 0.3) is 0 Å². The van der Waals surface area contributed by atoms with Gasteiger partial charge >= 0.3 is 0 Å². The summed E-state index contributed by atoms with van der Waals surface area (Å²) in [7, 11) is 0. The highest BCUT2D eigenvalue weighted by molar-refractivity contribution is 5.31. The third kappa shape index (κ3) is 1.68. The summed E-state index contributed by atoms with van der Waals surface area (Å²) in [5, 5.41) is 8.55. The lowest BCUT2D eigenvalue weighted by atomic mass is 10.1. The zero-order valence-electron chi connectivity index (χ0n) is 6.28. The molecule has 0 bridgehead atoms. The van der Waals surface area contributed by atoms with Crippen LogP contribution < -0.4 is 5.73 Å². The van der Waals surface area contributed by atoms with Crippen LogP contribution in [0.2, 0.25) is 0 Å². The number of anilines is 1. The predicted octanol–water partition coefficient (Wildman–Crippen LogP) is 1.29. The van der Waals surface area contributed by atoms with Crippen molar-refractivity contribution in [3.8, 4) is 6.07 Å². The van der Waals surface area contributed by atoms with Gasteiger partial charge in [-0.1, -0.05) is 6.07 Å². The molecular weight excluding hydrogens is 138 g/mol. The van der Waals surface area contributed by atoms with Crippen molar-refractivity contribution in [2.75, 3.05) is 5.73 Å². The summed E-state index contributed by atoms with van der Waals surface area (Å²) < 4.78 is 0. The predicted molar refractivity (Wildman–Crippen MR) is 42.7 cm³/mol. The summed E-state index contributed by atoms with van der Waals surface area (Å²) in [6.07, 6.45) is 0. The van der Waals surface area contributed by atoms with E-state index < -0.39 is 0 Å². The number of hydrogen-bond acceptors (Lipinski definition) is 3. The van der Waals surface area contributed by atoms with Crippen molar-refractivity contribution in [1.29, 1.82) is 5.26 Å². The van der Waals surface area contributed by atoms with Gasteiger partial charge in [-0.3, -0.25) is 0 Å². The molecule has 0 aromatic carbocycles. The quantitative estimate of drug-likeness (QED) is 0.651. The van der Waals surface area contributed by atoms with Crippen LogP contribution in [0.1, 0.15) is 18.5 Å². The molecule has 0 fully saturated rings. The smallest absolute Gasteiger partial charge is 0.123 e.